The molecule has 0 bridgehead atoms. The maximum Gasteiger partial charge on any atom is 0.356 e. The zero-order valence-electron chi connectivity index (χ0n) is 8.73. The summed E-state index contributed by atoms with van der Waals surface area (Å²) >= 11 is 0. The lowest BCUT2D eigenvalue weighted by atomic mass is 10.1. The number of ether oxygens (including phenoxy) is 1. The fourth-order valence-electron chi connectivity index (χ4n) is 1.50. The molecule has 5 nitrogen and oxygen atoms in total. The summed E-state index contributed by atoms with van der Waals surface area (Å²) in [6, 6.07) is 8.97. The van der Waals surface area contributed by atoms with Gasteiger partial charge in [-0.15, -0.1) is 0 Å². The molecule has 0 spiro atoms. The summed E-state index contributed by atoms with van der Waals surface area (Å²) in [5.74, 6) is 4.91. The number of rotatable bonds is 2. The van der Waals surface area contributed by atoms with Gasteiger partial charge in [-0.05, 0) is 12.1 Å². The average molecular weight is 217 g/mol. The van der Waals surface area contributed by atoms with Crippen LogP contribution in [0.15, 0.2) is 30.3 Å². The Balaban J connectivity index is 2.68. The number of nitrogens with one attached hydrogen (secondary N) is 1. The van der Waals surface area contributed by atoms with Crippen LogP contribution in [0.2, 0.25) is 0 Å². The highest BCUT2D eigenvalue weighted by Gasteiger charge is 2.11. The van der Waals surface area contributed by atoms with Gasteiger partial charge in [-0.1, -0.05) is 18.2 Å². The summed E-state index contributed by atoms with van der Waals surface area (Å²) in [6.45, 7) is 0. The van der Waals surface area contributed by atoms with E-state index in [-0.39, 0.29) is 5.69 Å². The van der Waals surface area contributed by atoms with Crippen molar-refractivity contribution in [3.63, 3.8) is 0 Å². The number of nitrogen functional groups attached to an aromatic ring is 1. The molecule has 0 radical (unpaired) electrons. The topological polar surface area (TPSA) is 77.2 Å². The minimum atomic E-state index is -0.484. The number of pyridine rings is 1. The number of anilines is 1. The molecule has 2 aromatic rings. The van der Waals surface area contributed by atoms with Crippen molar-refractivity contribution in [2.24, 2.45) is 5.84 Å². The third-order valence-electron chi connectivity index (χ3n) is 2.27. The number of para-hydroxylation sites is 1. The van der Waals surface area contributed by atoms with Crippen LogP contribution < -0.4 is 11.3 Å². The maximum absolute atomic E-state index is 11.4. The number of esters is 1. The van der Waals surface area contributed by atoms with Crippen LogP contribution >= 0.6 is 0 Å². The first kappa shape index (κ1) is 10.4. The normalized spacial score (nSPS) is 10.1. The fourth-order valence-corrected chi connectivity index (χ4v) is 1.50. The van der Waals surface area contributed by atoms with Crippen LogP contribution in [0.3, 0.4) is 0 Å². The van der Waals surface area contributed by atoms with Crippen LogP contribution in [0.5, 0.6) is 0 Å². The number of hydrogen-bond donors (Lipinski definition) is 2. The van der Waals surface area contributed by atoms with Crippen molar-refractivity contribution >= 4 is 22.6 Å². The molecule has 1 heterocycles. The Hall–Kier alpha value is -2.14. The first-order valence-corrected chi connectivity index (χ1v) is 4.71. The van der Waals surface area contributed by atoms with Crippen LogP contribution in [-0.4, -0.2) is 18.1 Å². The van der Waals surface area contributed by atoms with E-state index < -0.39 is 5.97 Å². The average Bonchev–Trinajstić information content (AvgIpc) is 2.36. The number of methoxy groups -OCH3 is 1. The standard InChI is InChI=1S/C11H11N3O2/c1-16-11(15)10-6-9(14-12)7-4-2-3-5-8(7)13-10/h2-6H,12H2,1H3,(H,13,14). The van der Waals surface area contributed by atoms with E-state index in [2.05, 4.69) is 15.1 Å². The van der Waals surface area contributed by atoms with Gasteiger partial charge in [0.05, 0.1) is 18.3 Å². The molecule has 1 aromatic heterocycles. The van der Waals surface area contributed by atoms with E-state index in [0.29, 0.717) is 11.2 Å². The highest BCUT2D eigenvalue weighted by atomic mass is 16.5. The molecule has 1 aromatic carbocycles. The van der Waals surface area contributed by atoms with E-state index in [0.717, 1.165) is 5.39 Å². The molecule has 0 saturated heterocycles. The number of carbonyl (C=O) groups is 1. The minimum absolute atomic E-state index is 0.231. The molecule has 0 aliphatic heterocycles. The molecular weight excluding hydrogens is 206 g/mol. The van der Waals surface area contributed by atoms with Crippen molar-refractivity contribution in [3.8, 4) is 0 Å². The number of hydrogen-bond acceptors (Lipinski definition) is 5. The van der Waals surface area contributed by atoms with Gasteiger partial charge in [0, 0.05) is 5.39 Å². The van der Waals surface area contributed by atoms with Gasteiger partial charge >= 0.3 is 5.97 Å². The van der Waals surface area contributed by atoms with Gasteiger partial charge in [0.25, 0.3) is 0 Å². The summed E-state index contributed by atoms with van der Waals surface area (Å²) in [5.41, 5.74) is 4.11. The molecule has 82 valence electrons. The summed E-state index contributed by atoms with van der Waals surface area (Å²) < 4.78 is 4.61. The van der Waals surface area contributed by atoms with Crippen molar-refractivity contribution in [3.05, 3.63) is 36.0 Å². The molecule has 0 aliphatic rings. The van der Waals surface area contributed by atoms with Crippen LogP contribution in [0.1, 0.15) is 10.5 Å². The molecule has 0 fully saturated rings. The maximum atomic E-state index is 11.4. The number of nitrogens with two attached hydrogens (primary N) is 1. The lowest BCUT2D eigenvalue weighted by molar-refractivity contribution is 0.0594. The van der Waals surface area contributed by atoms with Gasteiger partial charge in [0.1, 0.15) is 0 Å². The van der Waals surface area contributed by atoms with E-state index in [1.165, 1.54) is 7.11 Å². The Kier molecular flexibility index (Phi) is 2.70. The lowest BCUT2D eigenvalue weighted by Crippen LogP contribution is -2.11. The molecule has 0 saturated carbocycles. The monoisotopic (exact) mass is 217 g/mol. The minimum Gasteiger partial charge on any atom is -0.464 e. The molecule has 0 aliphatic carbocycles. The van der Waals surface area contributed by atoms with Crippen molar-refractivity contribution in [1.29, 1.82) is 0 Å². The largest absolute Gasteiger partial charge is 0.464 e. The first-order valence-electron chi connectivity index (χ1n) is 4.71. The van der Waals surface area contributed by atoms with E-state index in [9.17, 15) is 4.79 Å². The van der Waals surface area contributed by atoms with Gasteiger partial charge < -0.3 is 10.2 Å². The predicted molar refractivity (Wildman–Crippen MR) is 60.9 cm³/mol. The Morgan fingerprint density at radius 3 is 2.88 bits per heavy atom. The zero-order valence-corrected chi connectivity index (χ0v) is 8.73. The fraction of sp³-hybridized carbons (Fsp3) is 0.0909. The number of fused-ring (bicyclic) bond motifs is 1. The van der Waals surface area contributed by atoms with Crippen molar-refractivity contribution < 1.29 is 9.53 Å². The second kappa shape index (κ2) is 4.16. The Labute approximate surface area is 92.2 Å². The third-order valence-corrected chi connectivity index (χ3v) is 2.27. The molecule has 5 heteroatoms. The van der Waals surface area contributed by atoms with Crippen LogP contribution in [0, 0.1) is 0 Å². The van der Waals surface area contributed by atoms with Crippen molar-refractivity contribution in [1.82, 2.24) is 4.98 Å². The molecule has 16 heavy (non-hydrogen) atoms. The summed E-state index contributed by atoms with van der Waals surface area (Å²) in [5, 5.41) is 0.859. The summed E-state index contributed by atoms with van der Waals surface area (Å²) in [7, 11) is 1.31. The smallest absolute Gasteiger partial charge is 0.356 e. The first-order chi connectivity index (χ1) is 7.76. The SMILES string of the molecule is COC(=O)c1cc(NN)c2ccccc2n1. The molecule has 0 unspecified atom stereocenters. The number of nitrogens with zero attached hydrogens (tertiary/aromatic N) is 1. The summed E-state index contributed by atoms with van der Waals surface area (Å²) in [6.07, 6.45) is 0. The Morgan fingerprint density at radius 2 is 2.19 bits per heavy atom. The Bertz CT molecular complexity index is 540. The van der Waals surface area contributed by atoms with Crippen molar-refractivity contribution in [2.75, 3.05) is 12.5 Å². The van der Waals surface area contributed by atoms with Crippen LogP contribution in [0.4, 0.5) is 5.69 Å². The number of aromatic nitrogens is 1. The number of hydrazine groups is 1. The molecule has 0 atom stereocenters. The third kappa shape index (κ3) is 1.68. The molecule has 2 rings (SSSR count). The molecule has 3 N–H and O–H groups in total. The van der Waals surface area contributed by atoms with Gasteiger partial charge in [-0.25, -0.2) is 9.78 Å². The van der Waals surface area contributed by atoms with Gasteiger partial charge in [0.2, 0.25) is 0 Å². The molecule has 0 amide bonds. The van der Waals surface area contributed by atoms with Gasteiger partial charge in [0.15, 0.2) is 5.69 Å². The van der Waals surface area contributed by atoms with E-state index >= 15 is 0 Å². The van der Waals surface area contributed by atoms with Gasteiger partial charge in [-0.2, -0.15) is 0 Å². The number of carbonyl (C=O) groups excluding carboxylic acids is 1. The van der Waals surface area contributed by atoms with Crippen LogP contribution in [-0.2, 0) is 4.74 Å². The van der Waals surface area contributed by atoms with E-state index in [4.69, 9.17) is 5.84 Å². The number of benzene rings is 1. The predicted octanol–water partition coefficient (Wildman–Crippen LogP) is 1.31. The highest BCUT2D eigenvalue weighted by Crippen LogP contribution is 2.22. The highest BCUT2D eigenvalue weighted by molar-refractivity contribution is 5.97. The van der Waals surface area contributed by atoms with Crippen molar-refractivity contribution in [2.45, 2.75) is 0 Å². The lowest BCUT2D eigenvalue weighted by Gasteiger charge is -2.07. The summed E-state index contributed by atoms with van der Waals surface area (Å²) in [4.78, 5) is 15.6. The van der Waals surface area contributed by atoms with E-state index in [1.807, 2.05) is 24.3 Å². The zero-order chi connectivity index (χ0) is 11.5. The Morgan fingerprint density at radius 1 is 1.44 bits per heavy atom. The quantitative estimate of drug-likeness (QED) is 0.450. The van der Waals surface area contributed by atoms with Gasteiger partial charge in [-0.3, -0.25) is 5.84 Å². The second-order valence-corrected chi connectivity index (χ2v) is 3.21. The second-order valence-electron chi connectivity index (χ2n) is 3.21. The molecular formula is C11H11N3O2. The van der Waals surface area contributed by atoms with Crippen LogP contribution in [0.25, 0.3) is 10.9 Å². The van der Waals surface area contributed by atoms with E-state index in [1.54, 1.807) is 6.07 Å².